The fourth-order valence-corrected chi connectivity index (χ4v) is 3.77. The van der Waals surface area contributed by atoms with E-state index in [1.54, 1.807) is 18.3 Å². The van der Waals surface area contributed by atoms with Crippen molar-refractivity contribution in [1.29, 1.82) is 5.26 Å². The largest absolute Gasteiger partial charge is 0.348 e. The van der Waals surface area contributed by atoms with Crippen LogP contribution in [-0.2, 0) is 0 Å². The van der Waals surface area contributed by atoms with Gasteiger partial charge >= 0.3 is 0 Å². The van der Waals surface area contributed by atoms with Gasteiger partial charge in [-0.05, 0) is 43.5 Å². The number of nitrogens with one attached hydrogen (secondary N) is 1. The van der Waals surface area contributed by atoms with Crippen LogP contribution in [-0.4, -0.2) is 40.9 Å². The molecule has 1 N–H and O–H groups in total. The average molecular weight is 294 g/mol. The summed E-state index contributed by atoms with van der Waals surface area (Å²) in [5.74, 6) is 0.714. The Labute approximate surface area is 129 Å². The second-order valence-corrected chi connectivity index (χ2v) is 6.37. The third-order valence-electron chi connectivity index (χ3n) is 4.84. The van der Waals surface area contributed by atoms with Gasteiger partial charge in [0.1, 0.15) is 6.07 Å². The van der Waals surface area contributed by atoms with E-state index in [-0.39, 0.29) is 11.9 Å². The molecule has 2 fully saturated rings. The fraction of sp³-hybridized carbons (Fsp3) is 0.412. The van der Waals surface area contributed by atoms with Crippen LogP contribution in [0.4, 0.5) is 0 Å². The van der Waals surface area contributed by atoms with Gasteiger partial charge in [-0.1, -0.05) is 0 Å². The van der Waals surface area contributed by atoms with Gasteiger partial charge in [-0.2, -0.15) is 5.26 Å². The quantitative estimate of drug-likeness (QED) is 0.916. The lowest BCUT2D eigenvalue weighted by atomic mass is 9.96. The first-order valence-corrected chi connectivity index (χ1v) is 7.77. The molecule has 2 saturated heterocycles. The standard InChI is InChI=1S/C17H18N4O/c18-8-13-4-6-21-10-14(1-2-16(13)21)17(22)19-15-7-12-3-5-20(9-12)11-15/h1-2,4,6,10,12,15H,3,5,7,9,11H2,(H,19,22)/t12?,15-/m1/s1. The highest BCUT2D eigenvalue weighted by Gasteiger charge is 2.32. The summed E-state index contributed by atoms with van der Waals surface area (Å²) >= 11 is 0. The van der Waals surface area contributed by atoms with Gasteiger partial charge in [0.2, 0.25) is 0 Å². The molecule has 1 amide bonds. The van der Waals surface area contributed by atoms with Crippen molar-refractivity contribution in [3.63, 3.8) is 0 Å². The Morgan fingerprint density at radius 2 is 2.23 bits per heavy atom. The maximum absolute atomic E-state index is 12.5. The second kappa shape index (κ2) is 5.15. The Bertz CT molecular complexity index is 761. The maximum Gasteiger partial charge on any atom is 0.253 e. The molecule has 2 aliphatic heterocycles. The monoisotopic (exact) mass is 294 g/mol. The number of nitriles is 1. The van der Waals surface area contributed by atoms with Gasteiger partial charge < -0.3 is 14.6 Å². The SMILES string of the molecule is N#Cc1ccn2cc(C(=O)N[C@@H]3CC4CCN(C4)C3)ccc12. The van der Waals surface area contributed by atoms with E-state index >= 15 is 0 Å². The van der Waals surface area contributed by atoms with Gasteiger partial charge in [-0.3, -0.25) is 4.79 Å². The number of hydrogen-bond acceptors (Lipinski definition) is 3. The summed E-state index contributed by atoms with van der Waals surface area (Å²) in [6.07, 6.45) is 5.96. The number of hydrogen-bond donors (Lipinski definition) is 1. The molecule has 5 heteroatoms. The smallest absolute Gasteiger partial charge is 0.253 e. The summed E-state index contributed by atoms with van der Waals surface area (Å²) in [5, 5.41) is 12.2. The van der Waals surface area contributed by atoms with Crippen LogP contribution in [0.25, 0.3) is 5.52 Å². The zero-order valence-electron chi connectivity index (χ0n) is 12.3. The van der Waals surface area contributed by atoms with E-state index in [9.17, 15) is 4.79 Å². The lowest BCUT2D eigenvalue weighted by Gasteiger charge is -2.30. The first-order chi connectivity index (χ1) is 10.7. The molecule has 3 atom stereocenters. The van der Waals surface area contributed by atoms with E-state index in [1.165, 1.54) is 19.5 Å². The molecule has 2 aromatic rings. The first kappa shape index (κ1) is 13.4. The molecule has 0 spiro atoms. The van der Waals surface area contributed by atoms with Crippen molar-refractivity contribution in [3.8, 4) is 6.07 Å². The molecule has 5 nitrogen and oxygen atoms in total. The fourth-order valence-electron chi connectivity index (χ4n) is 3.77. The topological polar surface area (TPSA) is 60.5 Å². The summed E-state index contributed by atoms with van der Waals surface area (Å²) in [5.41, 5.74) is 2.10. The minimum Gasteiger partial charge on any atom is -0.348 e. The van der Waals surface area contributed by atoms with Crippen molar-refractivity contribution in [2.45, 2.75) is 18.9 Å². The Hall–Kier alpha value is -2.32. The molecule has 0 aliphatic carbocycles. The molecule has 2 unspecified atom stereocenters. The highest BCUT2D eigenvalue weighted by atomic mass is 16.1. The molecular weight excluding hydrogens is 276 g/mol. The van der Waals surface area contributed by atoms with Gasteiger partial charge in [-0.25, -0.2) is 0 Å². The van der Waals surface area contributed by atoms with Gasteiger partial charge in [0.15, 0.2) is 0 Å². The molecular formula is C17H18N4O. The van der Waals surface area contributed by atoms with E-state index in [1.807, 2.05) is 16.7 Å². The molecule has 22 heavy (non-hydrogen) atoms. The molecule has 4 rings (SSSR count). The number of nitrogens with zero attached hydrogens (tertiary/aromatic N) is 3. The lowest BCUT2D eigenvalue weighted by molar-refractivity contribution is 0.0909. The van der Waals surface area contributed by atoms with Gasteiger partial charge in [-0.15, -0.1) is 0 Å². The summed E-state index contributed by atoms with van der Waals surface area (Å²) in [6.45, 7) is 3.33. The number of pyridine rings is 1. The van der Waals surface area contributed by atoms with Crippen LogP contribution >= 0.6 is 0 Å². The van der Waals surface area contributed by atoms with E-state index in [4.69, 9.17) is 5.26 Å². The Kier molecular flexibility index (Phi) is 3.12. The first-order valence-electron chi connectivity index (χ1n) is 7.77. The zero-order valence-corrected chi connectivity index (χ0v) is 12.3. The van der Waals surface area contributed by atoms with Crippen LogP contribution in [0.15, 0.2) is 30.6 Å². The van der Waals surface area contributed by atoms with Crippen molar-refractivity contribution in [1.82, 2.24) is 14.6 Å². The van der Waals surface area contributed by atoms with Crippen molar-refractivity contribution in [2.24, 2.45) is 5.92 Å². The minimum atomic E-state index is -0.0263. The molecule has 2 bridgehead atoms. The van der Waals surface area contributed by atoms with Crippen molar-refractivity contribution in [3.05, 3.63) is 41.7 Å². The average Bonchev–Trinajstić information content (AvgIpc) is 3.09. The van der Waals surface area contributed by atoms with E-state index in [0.717, 1.165) is 24.4 Å². The van der Waals surface area contributed by atoms with Crippen LogP contribution in [0.3, 0.4) is 0 Å². The van der Waals surface area contributed by atoms with Crippen molar-refractivity contribution in [2.75, 3.05) is 19.6 Å². The molecule has 2 aliphatic rings. The van der Waals surface area contributed by atoms with E-state index in [0.29, 0.717) is 11.1 Å². The van der Waals surface area contributed by atoms with E-state index < -0.39 is 0 Å². The van der Waals surface area contributed by atoms with Crippen LogP contribution in [0, 0.1) is 17.2 Å². The van der Waals surface area contributed by atoms with Gasteiger partial charge in [0.25, 0.3) is 5.91 Å². The summed E-state index contributed by atoms with van der Waals surface area (Å²) in [7, 11) is 0. The van der Waals surface area contributed by atoms with Crippen LogP contribution in [0.1, 0.15) is 28.8 Å². The van der Waals surface area contributed by atoms with Crippen LogP contribution in [0.2, 0.25) is 0 Å². The molecule has 4 heterocycles. The van der Waals surface area contributed by atoms with Crippen LogP contribution < -0.4 is 5.32 Å². The second-order valence-electron chi connectivity index (χ2n) is 6.37. The number of piperidine rings is 1. The number of fused-ring (bicyclic) bond motifs is 3. The Balaban J connectivity index is 1.52. The molecule has 0 saturated carbocycles. The third kappa shape index (κ3) is 2.26. The highest BCUT2D eigenvalue weighted by Crippen LogP contribution is 2.26. The van der Waals surface area contributed by atoms with Crippen molar-refractivity contribution >= 4 is 11.4 Å². The zero-order chi connectivity index (χ0) is 15.1. The molecule has 0 radical (unpaired) electrons. The van der Waals surface area contributed by atoms with Crippen molar-refractivity contribution < 1.29 is 4.79 Å². The third-order valence-corrected chi connectivity index (χ3v) is 4.84. The van der Waals surface area contributed by atoms with Gasteiger partial charge in [0.05, 0.1) is 16.6 Å². The van der Waals surface area contributed by atoms with E-state index in [2.05, 4.69) is 16.3 Å². The minimum absolute atomic E-state index is 0.0263. The number of aromatic nitrogens is 1. The number of rotatable bonds is 2. The van der Waals surface area contributed by atoms with Gasteiger partial charge in [0, 0.05) is 31.5 Å². The normalized spacial score (nSPS) is 26.8. The Morgan fingerprint density at radius 3 is 3.05 bits per heavy atom. The number of amides is 1. The summed E-state index contributed by atoms with van der Waals surface area (Å²) in [4.78, 5) is 14.9. The predicted octanol–water partition coefficient (Wildman–Crippen LogP) is 1.63. The number of carbonyl (C=O) groups excluding carboxylic acids is 1. The predicted molar refractivity (Wildman–Crippen MR) is 82.5 cm³/mol. The summed E-state index contributed by atoms with van der Waals surface area (Å²) in [6, 6.07) is 7.80. The Morgan fingerprint density at radius 1 is 1.32 bits per heavy atom. The lowest BCUT2D eigenvalue weighted by Crippen LogP contribution is -2.47. The highest BCUT2D eigenvalue weighted by molar-refractivity contribution is 5.94. The van der Waals surface area contributed by atoms with Crippen LogP contribution in [0.5, 0.6) is 0 Å². The molecule has 112 valence electrons. The number of carbonyl (C=O) groups is 1. The summed E-state index contributed by atoms with van der Waals surface area (Å²) < 4.78 is 1.83. The molecule has 2 aromatic heterocycles. The maximum atomic E-state index is 12.5. The molecule has 0 aromatic carbocycles.